The van der Waals surface area contributed by atoms with Crippen molar-refractivity contribution in [3.05, 3.63) is 29.8 Å². The lowest BCUT2D eigenvalue weighted by Crippen LogP contribution is -1.81. The number of nitrogens with one attached hydrogen (secondary N) is 1. The molecular formula is C10H8N4O. The van der Waals surface area contributed by atoms with Gasteiger partial charge in [0, 0.05) is 5.56 Å². The smallest absolute Gasteiger partial charge is 0.243 e. The number of nitrogens with zero attached hydrogens (tertiary/aromatic N) is 3. The van der Waals surface area contributed by atoms with Crippen LogP contribution in [0.4, 0.5) is 0 Å². The van der Waals surface area contributed by atoms with Gasteiger partial charge >= 0.3 is 0 Å². The van der Waals surface area contributed by atoms with Crippen LogP contribution in [-0.2, 0) is 0 Å². The Hall–Kier alpha value is -2.17. The van der Waals surface area contributed by atoms with Gasteiger partial charge in [-0.15, -0.1) is 0 Å². The van der Waals surface area contributed by atoms with Crippen LogP contribution in [0.15, 0.2) is 28.9 Å². The summed E-state index contributed by atoms with van der Waals surface area (Å²) in [5, 5.41) is 7.34. The van der Waals surface area contributed by atoms with Crippen molar-refractivity contribution >= 4 is 11.3 Å². The highest BCUT2D eigenvalue weighted by atomic mass is 16.6. The number of benzene rings is 1. The molecule has 2 heterocycles. The molecule has 0 bridgehead atoms. The van der Waals surface area contributed by atoms with Crippen LogP contribution in [0.25, 0.3) is 22.7 Å². The van der Waals surface area contributed by atoms with Crippen LogP contribution in [0.5, 0.6) is 0 Å². The Bertz CT molecular complexity index is 582. The minimum absolute atomic E-state index is 0.506. The molecule has 15 heavy (non-hydrogen) atoms. The fourth-order valence-corrected chi connectivity index (χ4v) is 1.51. The highest BCUT2D eigenvalue weighted by Crippen LogP contribution is 2.18. The van der Waals surface area contributed by atoms with Gasteiger partial charge < -0.3 is 4.98 Å². The topological polar surface area (TPSA) is 67.6 Å². The largest absolute Gasteiger partial charge is 0.318 e. The predicted molar refractivity (Wildman–Crippen MR) is 54.1 cm³/mol. The molecular weight excluding hydrogens is 192 g/mol. The standard InChI is InChI=1S/C10H8N4O/c1-6-3-2-4-7(5-6)8-11-9-10(12-8)14-15-13-9/h2-5H,1H3,(H,11,12,13,14). The molecule has 5 heteroatoms. The second-order valence-corrected chi connectivity index (χ2v) is 3.39. The van der Waals surface area contributed by atoms with Crippen molar-refractivity contribution < 1.29 is 4.63 Å². The van der Waals surface area contributed by atoms with Crippen molar-refractivity contribution in [2.24, 2.45) is 0 Å². The second kappa shape index (κ2) is 2.91. The quantitative estimate of drug-likeness (QED) is 0.651. The van der Waals surface area contributed by atoms with Gasteiger partial charge in [0.2, 0.25) is 11.3 Å². The molecule has 1 N–H and O–H groups in total. The zero-order chi connectivity index (χ0) is 10.3. The number of imidazole rings is 1. The van der Waals surface area contributed by atoms with E-state index in [0.29, 0.717) is 11.3 Å². The average Bonchev–Trinajstić information content (AvgIpc) is 2.76. The maximum absolute atomic E-state index is 4.53. The van der Waals surface area contributed by atoms with Gasteiger partial charge in [0.25, 0.3) is 0 Å². The third-order valence-electron chi connectivity index (χ3n) is 2.22. The van der Waals surface area contributed by atoms with Gasteiger partial charge in [0.05, 0.1) is 0 Å². The van der Waals surface area contributed by atoms with E-state index in [9.17, 15) is 0 Å². The summed E-state index contributed by atoms with van der Waals surface area (Å²) in [7, 11) is 0. The summed E-state index contributed by atoms with van der Waals surface area (Å²) in [5.41, 5.74) is 3.29. The van der Waals surface area contributed by atoms with Crippen molar-refractivity contribution in [1.29, 1.82) is 0 Å². The van der Waals surface area contributed by atoms with Gasteiger partial charge in [0.1, 0.15) is 5.82 Å². The number of fused-ring (bicyclic) bond motifs is 1. The molecule has 3 aromatic rings. The average molecular weight is 200 g/mol. The second-order valence-electron chi connectivity index (χ2n) is 3.39. The summed E-state index contributed by atoms with van der Waals surface area (Å²) < 4.78 is 4.53. The maximum Gasteiger partial charge on any atom is 0.243 e. The SMILES string of the molecule is Cc1cccc(-c2nc3nonc3[nH]2)c1. The lowest BCUT2D eigenvalue weighted by atomic mass is 10.1. The van der Waals surface area contributed by atoms with Crippen LogP contribution in [-0.4, -0.2) is 20.3 Å². The number of rotatable bonds is 1. The molecule has 74 valence electrons. The molecule has 0 saturated heterocycles. The van der Waals surface area contributed by atoms with Crippen LogP contribution in [0.1, 0.15) is 5.56 Å². The molecule has 5 nitrogen and oxygen atoms in total. The first-order valence-electron chi connectivity index (χ1n) is 4.58. The summed E-state index contributed by atoms with van der Waals surface area (Å²) in [6.07, 6.45) is 0. The molecule has 0 amide bonds. The summed E-state index contributed by atoms with van der Waals surface area (Å²) in [5.74, 6) is 0.763. The number of aromatic nitrogens is 4. The predicted octanol–water partition coefficient (Wildman–Crippen LogP) is 1.92. The van der Waals surface area contributed by atoms with Gasteiger partial charge in [-0.3, -0.25) is 0 Å². The molecule has 0 fully saturated rings. The maximum atomic E-state index is 4.53. The highest BCUT2D eigenvalue weighted by molar-refractivity contribution is 5.71. The molecule has 0 radical (unpaired) electrons. The van der Waals surface area contributed by atoms with E-state index in [2.05, 4.69) is 31.0 Å². The molecule has 1 aromatic carbocycles. The van der Waals surface area contributed by atoms with Crippen molar-refractivity contribution in [2.45, 2.75) is 6.92 Å². The molecule has 0 aliphatic carbocycles. The Labute approximate surface area is 85.1 Å². The van der Waals surface area contributed by atoms with E-state index in [1.54, 1.807) is 0 Å². The van der Waals surface area contributed by atoms with Crippen LogP contribution < -0.4 is 0 Å². The Morgan fingerprint density at radius 3 is 3.00 bits per heavy atom. The molecule has 0 unspecified atom stereocenters. The van der Waals surface area contributed by atoms with E-state index in [4.69, 9.17) is 0 Å². The van der Waals surface area contributed by atoms with E-state index < -0.39 is 0 Å². The third-order valence-corrected chi connectivity index (χ3v) is 2.22. The molecule has 0 aliphatic rings. The summed E-state index contributed by atoms with van der Waals surface area (Å²) >= 11 is 0. The third kappa shape index (κ3) is 1.28. The Balaban J connectivity index is 2.17. The van der Waals surface area contributed by atoms with E-state index >= 15 is 0 Å². The molecule has 2 aromatic heterocycles. The Morgan fingerprint density at radius 1 is 1.27 bits per heavy atom. The van der Waals surface area contributed by atoms with Crippen LogP contribution in [0.2, 0.25) is 0 Å². The molecule has 0 spiro atoms. The highest BCUT2D eigenvalue weighted by Gasteiger charge is 2.08. The first-order valence-corrected chi connectivity index (χ1v) is 4.58. The van der Waals surface area contributed by atoms with E-state index in [1.165, 1.54) is 5.56 Å². The molecule has 3 rings (SSSR count). The Kier molecular flexibility index (Phi) is 1.58. The van der Waals surface area contributed by atoms with Gasteiger partial charge in [-0.05, 0) is 23.3 Å². The molecule has 0 saturated carbocycles. The monoisotopic (exact) mass is 200 g/mol. The van der Waals surface area contributed by atoms with Gasteiger partial charge in [-0.1, -0.05) is 23.8 Å². The minimum atomic E-state index is 0.506. The van der Waals surface area contributed by atoms with Gasteiger partial charge in [-0.2, -0.15) is 0 Å². The number of aryl methyl sites for hydroxylation is 1. The van der Waals surface area contributed by atoms with Crippen molar-refractivity contribution in [2.75, 3.05) is 0 Å². The summed E-state index contributed by atoms with van der Waals surface area (Å²) in [6, 6.07) is 8.07. The first-order chi connectivity index (χ1) is 7.33. The number of hydrogen-bond acceptors (Lipinski definition) is 4. The van der Waals surface area contributed by atoms with Crippen LogP contribution in [0.3, 0.4) is 0 Å². The number of hydrogen-bond donors (Lipinski definition) is 1. The zero-order valence-corrected chi connectivity index (χ0v) is 8.06. The summed E-state index contributed by atoms with van der Waals surface area (Å²) in [6.45, 7) is 2.04. The number of aromatic amines is 1. The van der Waals surface area contributed by atoms with E-state index in [0.717, 1.165) is 11.4 Å². The fraction of sp³-hybridized carbons (Fsp3) is 0.100. The van der Waals surface area contributed by atoms with Gasteiger partial charge in [0.15, 0.2) is 0 Å². The van der Waals surface area contributed by atoms with Gasteiger partial charge in [-0.25, -0.2) is 9.61 Å². The van der Waals surface area contributed by atoms with Crippen molar-refractivity contribution in [1.82, 2.24) is 20.3 Å². The first kappa shape index (κ1) is 8.16. The zero-order valence-electron chi connectivity index (χ0n) is 8.06. The van der Waals surface area contributed by atoms with Crippen LogP contribution >= 0.6 is 0 Å². The lowest BCUT2D eigenvalue weighted by Gasteiger charge is -1.96. The van der Waals surface area contributed by atoms with E-state index in [1.807, 2.05) is 25.1 Å². The molecule has 0 aliphatic heterocycles. The number of H-pyrrole nitrogens is 1. The lowest BCUT2D eigenvalue weighted by molar-refractivity contribution is 0.313. The van der Waals surface area contributed by atoms with E-state index in [-0.39, 0.29) is 0 Å². The normalized spacial score (nSPS) is 11.0. The Morgan fingerprint density at radius 2 is 2.20 bits per heavy atom. The fourth-order valence-electron chi connectivity index (χ4n) is 1.51. The van der Waals surface area contributed by atoms with Crippen molar-refractivity contribution in [3.8, 4) is 11.4 Å². The minimum Gasteiger partial charge on any atom is -0.318 e. The van der Waals surface area contributed by atoms with Crippen LogP contribution in [0, 0.1) is 6.92 Å². The summed E-state index contributed by atoms with van der Waals surface area (Å²) in [4.78, 5) is 7.30. The van der Waals surface area contributed by atoms with Crippen molar-refractivity contribution in [3.63, 3.8) is 0 Å². The molecule has 0 atom stereocenters.